The van der Waals surface area contributed by atoms with Gasteiger partial charge < -0.3 is 4.57 Å². The van der Waals surface area contributed by atoms with Crippen LogP contribution in [0.25, 0.3) is 38.0 Å². The number of carbonyl (C=O) groups excluding carboxylic acids is 2. The summed E-state index contributed by atoms with van der Waals surface area (Å²) in [6.45, 7) is 0. The van der Waals surface area contributed by atoms with Gasteiger partial charge in [0.15, 0.2) is 0 Å². The van der Waals surface area contributed by atoms with Crippen LogP contribution in [-0.4, -0.2) is 21.4 Å². The van der Waals surface area contributed by atoms with E-state index in [-0.39, 0.29) is 11.1 Å². The van der Waals surface area contributed by atoms with E-state index in [0.29, 0.717) is 26.3 Å². The first-order valence-electron chi connectivity index (χ1n) is 10.1. The number of rotatable bonds is 3. The first-order valence-corrected chi connectivity index (χ1v) is 12.5. The van der Waals surface area contributed by atoms with Crippen molar-refractivity contribution in [3.8, 4) is 5.82 Å². The molecule has 34 heavy (non-hydrogen) atoms. The van der Waals surface area contributed by atoms with Crippen molar-refractivity contribution in [2.24, 2.45) is 0 Å². The zero-order valence-corrected chi connectivity index (χ0v) is 21.0. The van der Waals surface area contributed by atoms with Crippen molar-refractivity contribution in [3.05, 3.63) is 91.9 Å². The lowest BCUT2D eigenvalue weighted by Gasteiger charge is -2.04. The molecule has 9 heteroatoms. The number of thiophene rings is 1. The number of hydrogen-bond acceptors (Lipinski definition) is 4. The second-order valence-corrected chi connectivity index (χ2v) is 10.7. The summed E-state index contributed by atoms with van der Waals surface area (Å²) in [7, 11) is 0. The van der Waals surface area contributed by atoms with Crippen LogP contribution in [0.5, 0.6) is 0 Å². The zero-order chi connectivity index (χ0) is 23.6. The number of carbonyl (C=O) groups is 2. The average Bonchev–Trinajstić information content (AvgIpc) is 3.44. The topological polar surface area (TPSA) is 64.0 Å². The lowest BCUT2D eigenvalue weighted by molar-refractivity contribution is -0.122. The predicted octanol–water partition coefficient (Wildman–Crippen LogP) is 6.88. The third-order valence-corrected chi connectivity index (χ3v) is 7.81. The lowest BCUT2D eigenvalue weighted by Crippen LogP contribution is -2.22. The Hall–Kier alpha value is -2.97. The molecule has 0 atom stereocenters. The Bertz CT molecular complexity index is 1700. The fourth-order valence-electron chi connectivity index (χ4n) is 4.30. The van der Waals surface area contributed by atoms with E-state index in [1.165, 1.54) is 11.3 Å². The van der Waals surface area contributed by atoms with Crippen LogP contribution in [-0.2, 0) is 9.59 Å². The molecule has 0 radical (unpaired) electrons. The lowest BCUT2D eigenvalue weighted by atomic mass is 9.95. The number of nitrogens with zero attached hydrogens (tertiary/aromatic N) is 2. The molecule has 0 spiro atoms. The molecule has 5 nitrogen and oxygen atoms in total. The normalized spacial score (nSPS) is 14.0. The molecule has 6 rings (SSSR count). The number of imide groups is 1. The third-order valence-electron chi connectivity index (χ3n) is 5.73. The molecule has 0 saturated heterocycles. The van der Waals surface area contributed by atoms with Gasteiger partial charge in [-0.2, -0.15) is 0 Å². The van der Waals surface area contributed by atoms with Crippen molar-refractivity contribution in [1.29, 1.82) is 0 Å². The summed E-state index contributed by atoms with van der Waals surface area (Å²) in [5, 5.41) is 4.53. The summed E-state index contributed by atoms with van der Waals surface area (Å²) in [6.07, 6.45) is 3.55. The van der Waals surface area contributed by atoms with Crippen molar-refractivity contribution in [3.63, 3.8) is 0 Å². The molecule has 5 aromatic rings. The minimum absolute atomic E-state index is 0.246. The van der Waals surface area contributed by atoms with E-state index in [4.69, 9.17) is 23.2 Å². The maximum absolute atomic E-state index is 13.2. The first-order chi connectivity index (χ1) is 16.4. The molecule has 0 bridgehead atoms. The van der Waals surface area contributed by atoms with Gasteiger partial charge in [0, 0.05) is 48.5 Å². The van der Waals surface area contributed by atoms with Crippen LogP contribution in [0.2, 0.25) is 9.36 Å². The Morgan fingerprint density at radius 3 is 2.53 bits per heavy atom. The molecular weight excluding hydrogens is 557 g/mol. The van der Waals surface area contributed by atoms with Crippen molar-refractivity contribution in [2.75, 3.05) is 0 Å². The molecule has 0 fully saturated rings. The van der Waals surface area contributed by atoms with Crippen molar-refractivity contribution < 1.29 is 9.59 Å². The van der Waals surface area contributed by atoms with Crippen LogP contribution in [0.15, 0.2) is 71.5 Å². The second kappa shape index (κ2) is 8.06. The first kappa shape index (κ1) is 21.6. The highest BCUT2D eigenvalue weighted by molar-refractivity contribution is 9.10. The van der Waals surface area contributed by atoms with E-state index in [1.807, 2.05) is 53.2 Å². The van der Waals surface area contributed by atoms with Gasteiger partial charge in [-0.15, -0.1) is 11.3 Å². The number of benzene rings is 2. The number of hydrogen-bond donors (Lipinski definition) is 1. The standard InChI is InChI=1S/C25H12BrCl2N3O2S/c26-12-5-8-19(29-10-12)31-11-16(14-3-1-2-4-17(14)31)21-22(25(33)30-24(21)32)20-15-9-13(27)6-7-18(15)34-23(20)28/h1-11H,(H,30,32,33). The summed E-state index contributed by atoms with van der Waals surface area (Å²) in [5.41, 5.74) is 2.52. The zero-order valence-electron chi connectivity index (χ0n) is 17.1. The highest BCUT2D eigenvalue weighted by Gasteiger charge is 2.36. The monoisotopic (exact) mass is 567 g/mol. The molecule has 2 amide bonds. The van der Waals surface area contributed by atoms with Crippen LogP contribution in [0.4, 0.5) is 0 Å². The third kappa shape index (κ3) is 3.31. The Morgan fingerprint density at radius 1 is 0.941 bits per heavy atom. The van der Waals surface area contributed by atoms with E-state index in [9.17, 15) is 9.59 Å². The number of fused-ring (bicyclic) bond motifs is 2. The predicted molar refractivity (Wildman–Crippen MR) is 141 cm³/mol. The molecule has 166 valence electrons. The molecule has 1 aliphatic heterocycles. The van der Waals surface area contributed by atoms with Gasteiger partial charge in [-0.3, -0.25) is 14.9 Å². The SMILES string of the molecule is O=C1NC(=O)C(c2cn(-c3ccc(Br)cn3)c3ccccc23)=C1c1c(Cl)sc2ccc(Cl)cc12. The largest absolute Gasteiger partial charge is 0.301 e. The summed E-state index contributed by atoms with van der Waals surface area (Å²) in [4.78, 5) is 30.8. The molecule has 4 heterocycles. The fraction of sp³-hybridized carbons (Fsp3) is 0. The minimum Gasteiger partial charge on any atom is -0.301 e. The van der Waals surface area contributed by atoms with Crippen LogP contribution < -0.4 is 5.32 Å². The highest BCUT2D eigenvalue weighted by Crippen LogP contribution is 2.45. The van der Waals surface area contributed by atoms with E-state index >= 15 is 0 Å². The number of halogens is 3. The Morgan fingerprint density at radius 2 is 1.74 bits per heavy atom. The van der Waals surface area contributed by atoms with Crippen molar-refractivity contribution in [1.82, 2.24) is 14.9 Å². The summed E-state index contributed by atoms with van der Waals surface area (Å²) in [6, 6.07) is 16.9. The van der Waals surface area contributed by atoms with Gasteiger partial charge in [-0.05, 0) is 52.3 Å². The van der Waals surface area contributed by atoms with Crippen LogP contribution in [0, 0.1) is 0 Å². The molecule has 0 aliphatic carbocycles. The van der Waals surface area contributed by atoms with Crippen LogP contribution >= 0.6 is 50.5 Å². The number of para-hydroxylation sites is 1. The fourth-order valence-corrected chi connectivity index (χ4v) is 6.07. The number of aromatic nitrogens is 2. The molecule has 1 N–H and O–H groups in total. The Balaban J connectivity index is 1.68. The second-order valence-electron chi connectivity index (χ2n) is 7.69. The van der Waals surface area contributed by atoms with Gasteiger partial charge in [0.1, 0.15) is 10.2 Å². The highest BCUT2D eigenvalue weighted by atomic mass is 79.9. The van der Waals surface area contributed by atoms with Gasteiger partial charge in [-0.25, -0.2) is 4.98 Å². The maximum atomic E-state index is 13.2. The minimum atomic E-state index is -0.486. The summed E-state index contributed by atoms with van der Waals surface area (Å²) >= 11 is 17.6. The van der Waals surface area contributed by atoms with Crippen molar-refractivity contribution in [2.45, 2.75) is 0 Å². The molecular formula is C25H12BrCl2N3O2S. The van der Waals surface area contributed by atoms with Gasteiger partial charge >= 0.3 is 0 Å². The maximum Gasteiger partial charge on any atom is 0.259 e. The molecule has 0 saturated carbocycles. The van der Waals surface area contributed by atoms with Gasteiger partial charge in [0.05, 0.1) is 16.7 Å². The Kier molecular flexibility index (Phi) is 5.11. The smallest absolute Gasteiger partial charge is 0.259 e. The van der Waals surface area contributed by atoms with Gasteiger partial charge in [0.25, 0.3) is 11.8 Å². The van der Waals surface area contributed by atoms with E-state index in [2.05, 4.69) is 26.2 Å². The van der Waals surface area contributed by atoms with Crippen molar-refractivity contribution >= 4 is 94.4 Å². The van der Waals surface area contributed by atoms with Crippen LogP contribution in [0.1, 0.15) is 11.1 Å². The molecule has 3 aromatic heterocycles. The van der Waals surface area contributed by atoms with E-state index < -0.39 is 11.8 Å². The number of nitrogens with one attached hydrogen (secondary N) is 1. The van der Waals surface area contributed by atoms with Gasteiger partial charge in [-0.1, -0.05) is 41.4 Å². The summed E-state index contributed by atoms with van der Waals surface area (Å²) < 4.78 is 4.07. The van der Waals surface area contributed by atoms with E-state index in [0.717, 1.165) is 25.5 Å². The molecule has 2 aromatic carbocycles. The number of amides is 2. The average molecular weight is 569 g/mol. The summed E-state index contributed by atoms with van der Waals surface area (Å²) in [5.74, 6) is -0.271. The van der Waals surface area contributed by atoms with Gasteiger partial charge in [0.2, 0.25) is 0 Å². The molecule has 0 unspecified atom stereocenters. The number of pyridine rings is 1. The quantitative estimate of drug-likeness (QED) is 0.241. The van der Waals surface area contributed by atoms with Crippen LogP contribution in [0.3, 0.4) is 0 Å². The molecule has 1 aliphatic rings. The van der Waals surface area contributed by atoms with E-state index in [1.54, 1.807) is 18.3 Å². The Labute approximate surface area is 215 Å².